The second kappa shape index (κ2) is 6.66. The molecular formula is C15H17N3O. The number of aromatic nitrogens is 1. The molecule has 0 aliphatic rings. The van der Waals surface area contributed by atoms with Crippen molar-refractivity contribution in [3.8, 4) is 0 Å². The second-order valence-electron chi connectivity index (χ2n) is 4.36. The zero-order valence-electron chi connectivity index (χ0n) is 10.6. The Morgan fingerprint density at radius 2 is 2.00 bits per heavy atom. The van der Waals surface area contributed by atoms with Crippen LogP contribution in [-0.2, 0) is 11.3 Å². The first-order valence-corrected chi connectivity index (χ1v) is 6.22. The molecule has 1 unspecified atom stereocenters. The van der Waals surface area contributed by atoms with Crippen LogP contribution in [0.3, 0.4) is 0 Å². The summed E-state index contributed by atoms with van der Waals surface area (Å²) in [7, 11) is 0. The normalized spacial score (nSPS) is 11.8. The van der Waals surface area contributed by atoms with Gasteiger partial charge in [0.2, 0.25) is 5.91 Å². The van der Waals surface area contributed by atoms with Crippen LogP contribution in [0, 0.1) is 0 Å². The molecule has 1 heterocycles. The molecule has 4 nitrogen and oxygen atoms in total. The van der Waals surface area contributed by atoms with Crippen LogP contribution in [0.15, 0.2) is 54.9 Å². The summed E-state index contributed by atoms with van der Waals surface area (Å²) < 4.78 is 0. The zero-order valence-corrected chi connectivity index (χ0v) is 10.6. The summed E-state index contributed by atoms with van der Waals surface area (Å²) in [5.74, 6) is -0.0554. The van der Waals surface area contributed by atoms with Crippen molar-refractivity contribution < 1.29 is 4.79 Å². The highest BCUT2D eigenvalue weighted by Crippen LogP contribution is 2.12. The molecule has 3 N–H and O–H groups in total. The van der Waals surface area contributed by atoms with Gasteiger partial charge in [0.05, 0.1) is 0 Å². The van der Waals surface area contributed by atoms with Crippen LogP contribution in [0.5, 0.6) is 0 Å². The minimum atomic E-state index is -0.268. The number of benzene rings is 1. The predicted octanol–water partition coefficient (Wildman–Crippen LogP) is 1.79. The van der Waals surface area contributed by atoms with E-state index in [9.17, 15) is 4.79 Å². The molecule has 2 rings (SSSR count). The Morgan fingerprint density at radius 3 is 2.68 bits per heavy atom. The summed E-state index contributed by atoms with van der Waals surface area (Å²) in [5, 5.41) is 2.84. The van der Waals surface area contributed by atoms with E-state index in [-0.39, 0.29) is 18.4 Å². The zero-order chi connectivity index (χ0) is 13.5. The fraction of sp³-hybridized carbons (Fsp3) is 0.200. The van der Waals surface area contributed by atoms with Crippen molar-refractivity contribution in [2.45, 2.75) is 19.0 Å². The van der Waals surface area contributed by atoms with E-state index in [0.29, 0.717) is 6.54 Å². The molecule has 0 radical (unpaired) electrons. The first-order chi connectivity index (χ1) is 9.25. The van der Waals surface area contributed by atoms with E-state index in [2.05, 4.69) is 10.3 Å². The van der Waals surface area contributed by atoms with Crippen molar-refractivity contribution >= 4 is 5.91 Å². The first kappa shape index (κ1) is 13.2. The van der Waals surface area contributed by atoms with Crippen LogP contribution >= 0.6 is 0 Å². The average Bonchev–Trinajstić information content (AvgIpc) is 2.47. The Kier molecular flexibility index (Phi) is 4.64. The highest BCUT2D eigenvalue weighted by Gasteiger charge is 2.10. The number of carbonyl (C=O) groups is 1. The molecule has 0 bridgehead atoms. The quantitative estimate of drug-likeness (QED) is 0.855. The molecule has 1 amide bonds. The van der Waals surface area contributed by atoms with Crippen LogP contribution in [0.25, 0.3) is 0 Å². The Hall–Kier alpha value is -2.20. The molecule has 0 saturated carbocycles. The molecular weight excluding hydrogens is 238 g/mol. The van der Waals surface area contributed by atoms with E-state index in [1.807, 2.05) is 42.5 Å². The van der Waals surface area contributed by atoms with Crippen molar-refractivity contribution in [1.82, 2.24) is 10.3 Å². The molecule has 0 aliphatic carbocycles. The van der Waals surface area contributed by atoms with Gasteiger partial charge in [0, 0.05) is 31.4 Å². The van der Waals surface area contributed by atoms with E-state index in [0.717, 1.165) is 11.1 Å². The number of nitrogens with two attached hydrogens (primary N) is 1. The number of hydrogen-bond acceptors (Lipinski definition) is 3. The number of carbonyl (C=O) groups excluding carboxylic acids is 1. The summed E-state index contributed by atoms with van der Waals surface area (Å²) >= 11 is 0. The van der Waals surface area contributed by atoms with Crippen LogP contribution in [0.1, 0.15) is 23.6 Å². The van der Waals surface area contributed by atoms with Crippen LogP contribution < -0.4 is 11.1 Å². The molecule has 2 aromatic rings. The predicted molar refractivity (Wildman–Crippen MR) is 74.1 cm³/mol. The number of nitrogens with zero attached hydrogens (tertiary/aromatic N) is 1. The minimum Gasteiger partial charge on any atom is -0.352 e. The fourth-order valence-corrected chi connectivity index (χ4v) is 1.79. The van der Waals surface area contributed by atoms with Gasteiger partial charge in [-0.15, -0.1) is 0 Å². The average molecular weight is 255 g/mol. The number of rotatable bonds is 5. The van der Waals surface area contributed by atoms with Gasteiger partial charge in [-0.25, -0.2) is 0 Å². The molecule has 1 aromatic heterocycles. The summed E-state index contributed by atoms with van der Waals surface area (Å²) in [4.78, 5) is 15.8. The lowest BCUT2D eigenvalue weighted by atomic mass is 10.0. The summed E-state index contributed by atoms with van der Waals surface area (Å²) in [6, 6.07) is 13.1. The number of hydrogen-bond donors (Lipinski definition) is 2. The van der Waals surface area contributed by atoms with E-state index in [4.69, 9.17) is 5.73 Å². The SMILES string of the molecule is NC(CC(=O)NCc1cccnc1)c1ccccc1. The van der Waals surface area contributed by atoms with Crippen molar-refractivity contribution in [2.24, 2.45) is 5.73 Å². The Morgan fingerprint density at radius 1 is 1.21 bits per heavy atom. The van der Waals surface area contributed by atoms with Gasteiger partial charge in [0.1, 0.15) is 0 Å². The van der Waals surface area contributed by atoms with Crippen LogP contribution in [-0.4, -0.2) is 10.9 Å². The van der Waals surface area contributed by atoms with Crippen LogP contribution in [0.4, 0.5) is 0 Å². The monoisotopic (exact) mass is 255 g/mol. The summed E-state index contributed by atoms with van der Waals surface area (Å²) in [5.41, 5.74) is 7.94. The lowest BCUT2D eigenvalue weighted by molar-refractivity contribution is -0.121. The van der Waals surface area contributed by atoms with E-state index >= 15 is 0 Å². The van der Waals surface area contributed by atoms with Gasteiger partial charge in [-0.05, 0) is 17.2 Å². The summed E-state index contributed by atoms with van der Waals surface area (Å²) in [6.07, 6.45) is 3.72. The van der Waals surface area contributed by atoms with E-state index < -0.39 is 0 Å². The molecule has 0 aliphatic heterocycles. The fourth-order valence-electron chi connectivity index (χ4n) is 1.79. The second-order valence-corrected chi connectivity index (χ2v) is 4.36. The maximum absolute atomic E-state index is 11.8. The maximum Gasteiger partial charge on any atom is 0.222 e. The molecule has 98 valence electrons. The molecule has 0 fully saturated rings. The molecule has 1 aromatic carbocycles. The third kappa shape index (κ3) is 4.19. The number of amides is 1. The van der Waals surface area contributed by atoms with E-state index in [1.54, 1.807) is 12.4 Å². The number of pyridine rings is 1. The Balaban J connectivity index is 1.82. The third-order valence-corrected chi connectivity index (χ3v) is 2.85. The standard InChI is InChI=1S/C15H17N3O/c16-14(13-6-2-1-3-7-13)9-15(19)18-11-12-5-4-8-17-10-12/h1-8,10,14H,9,11,16H2,(H,18,19). The Bertz CT molecular complexity index is 513. The van der Waals surface area contributed by atoms with Crippen molar-refractivity contribution in [3.05, 3.63) is 66.0 Å². The Labute approximate surface area is 112 Å². The number of nitrogens with one attached hydrogen (secondary N) is 1. The van der Waals surface area contributed by atoms with Crippen molar-refractivity contribution in [1.29, 1.82) is 0 Å². The van der Waals surface area contributed by atoms with Gasteiger partial charge in [0.25, 0.3) is 0 Å². The van der Waals surface area contributed by atoms with Crippen molar-refractivity contribution in [3.63, 3.8) is 0 Å². The van der Waals surface area contributed by atoms with Gasteiger partial charge in [-0.3, -0.25) is 9.78 Å². The smallest absolute Gasteiger partial charge is 0.222 e. The third-order valence-electron chi connectivity index (χ3n) is 2.85. The van der Waals surface area contributed by atoms with Gasteiger partial charge < -0.3 is 11.1 Å². The van der Waals surface area contributed by atoms with Gasteiger partial charge in [-0.1, -0.05) is 36.4 Å². The largest absolute Gasteiger partial charge is 0.352 e. The highest BCUT2D eigenvalue weighted by molar-refractivity contribution is 5.76. The molecule has 1 atom stereocenters. The lowest BCUT2D eigenvalue weighted by Crippen LogP contribution is -2.27. The molecule has 0 saturated heterocycles. The summed E-state index contributed by atoms with van der Waals surface area (Å²) in [6.45, 7) is 0.480. The first-order valence-electron chi connectivity index (χ1n) is 6.22. The minimum absolute atomic E-state index is 0.0554. The lowest BCUT2D eigenvalue weighted by Gasteiger charge is -2.12. The van der Waals surface area contributed by atoms with Gasteiger partial charge in [-0.2, -0.15) is 0 Å². The topological polar surface area (TPSA) is 68.0 Å². The van der Waals surface area contributed by atoms with Crippen LogP contribution in [0.2, 0.25) is 0 Å². The highest BCUT2D eigenvalue weighted by atomic mass is 16.1. The van der Waals surface area contributed by atoms with Gasteiger partial charge >= 0.3 is 0 Å². The van der Waals surface area contributed by atoms with Gasteiger partial charge in [0.15, 0.2) is 0 Å². The molecule has 19 heavy (non-hydrogen) atoms. The maximum atomic E-state index is 11.8. The van der Waals surface area contributed by atoms with Crippen molar-refractivity contribution in [2.75, 3.05) is 0 Å². The molecule has 0 spiro atoms. The molecule has 4 heteroatoms. The van der Waals surface area contributed by atoms with E-state index in [1.165, 1.54) is 0 Å².